The van der Waals surface area contributed by atoms with Crippen LogP contribution in [-0.4, -0.2) is 47.1 Å². The monoisotopic (exact) mass is 235 g/mol. The Kier molecular flexibility index (Phi) is 5.92. The molecule has 0 atom stereocenters. The van der Waals surface area contributed by atoms with E-state index in [9.17, 15) is 4.79 Å². The predicted molar refractivity (Wildman–Crippen MR) is 66.6 cm³/mol. The molecule has 0 aliphatic carbocycles. The summed E-state index contributed by atoms with van der Waals surface area (Å²) in [5.41, 5.74) is 0.715. The maximum atomic E-state index is 11.7. The molecule has 2 N–H and O–H groups in total. The normalized spacial score (nSPS) is 10.2. The molecule has 0 aliphatic rings. The van der Waals surface area contributed by atoms with Gasteiger partial charge in [0.15, 0.2) is 0 Å². The lowest BCUT2D eigenvalue weighted by molar-refractivity contribution is -0.117. The first kappa shape index (κ1) is 13.3. The lowest BCUT2D eigenvalue weighted by Crippen LogP contribution is -2.35. The molecule has 1 aromatic rings. The van der Waals surface area contributed by atoms with Gasteiger partial charge in [0.2, 0.25) is 5.91 Å². The van der Waals surface area contributed by atoms with Crippen molar-refractivity contribution >= 4 is 11.6 Å². The summed E-state index contributed by atoms with van der Waals surface area (Å²) in [5, 5.41) is 11.6. The molecule has 5 heteroatoms. The molecule has 17 heavy (non-hydrogen) atoms. The number of carbonyl (C=O) groups excluding carboxylic acids is 1. The summed E-state index contributed by atoms with van der Waals surface area (Å²) >= 11 is 0. The number of rotatable bonds is 7. The van der Waals surface area contributed by atoms with Crippen molar-refractivity contribution in [3.05, 3.63) is 37.2 Å². The third kappa shape index (κ3) is 5.24. The zero-order valence-electron chi connectivity index (χ0n) is 9.67. The second-order valence-electron chi connectivity index (χ2n) is 3.53. The Morgan fingerprint density at radius 2 is 2.24 bits per heavy atom. The summed E-state index contributed by atoms with van der Waals surface area (Å²) in [5.74, 6) is -0.119. The summed E-state index contributed by atoms with van der Waals surface area (Å²) in [7, 11) is 0. The highest BCUT2D eigenvalue weighted by Crippen LogP contribution is 2.03. The number of nitrogens with zero attached hydrogens (tertiary/aromatic N) is 2. The molecular weight excluding hydrogens is 218 g/mol. The van der Waals surface area contributed by atoms with Gasteiger partial charge in [-0.1, -0.05) is 6.08 Å². The van der Waals surface area contributed by atoms with Crippen molar-refractivity contribution in [1.82, 2.24) is 9.88 Å². The third-order valence-corrected chi connectivity index (χ3v) is 2.13. The topological polar surface area (TPSA) is 65.5 Å². The van der Waals surface area contributed by atoms with Gasteiger partial charge in [0.25, 0.3) is 0 Å². The first-order valence-corrected chi connectivity index (χ1v) is 5.40. The van der Waals surface area contributed by atoms with E-state index in [1.807, 2.05) is 4.90 Å². The average molecular weight is 235 g/mol. The van der Waals surface area contributed by atoms with Crippen LogP contribution < -0.4 is 5.32 Å². The van der Waals surface area contributed by atoms with Crippen LogP contribution in [0, 0.1) is 0 Å². The van der Waals surface area contributed by atoms with Crippen LogP contribution in [0.15, 0.2) is 37.2 Å². The molecule has 0 aliphatic heterocycles. The van der Waals surface area contributed by atoms with E-state index in [2.05, 4.69) is 16.9 Å². The molecule has 0 saturated carbocycles. The summed E-state index contributed by atoms with van der Waals surface area (Å²) < 4.78 is 0. The zero-order chi connectivity index (χ0) is 12.5. The molecule has 0 aromatic carbocycles. The van der Waals surface area contributed by atoms with Crippen LogP contribution >= 0.6 is 0 Å². The quantitative estimate of drug-likeness (QED) is 0.675. The van der Waals surface area contributed by atoms with Crippen molar-refractivity contribution in [3.63, 3.8) is 0 Å². The van der Waals surface area contributed by atoms with Crippen LogP contribution in [0.4, 0.5) is 5.69 Å². The van der Waals surface area contributed by atoms with Crippen LogP contribution in [0.5, 0.6) is 0 Å². The number of hydrogen-bond donors (Lipinski definition) is 2. The molecule has 0 radical (unpaired) electrons. The van der Waals surface area contributed by atoms with Gasteiger partial charge in [-0.3, -0.25) is 14.7 Å². The molecule has 1 rings (SSSR count). The number of carbonyl (C=O) groups is 1. The summed E-state index contributed by atoms with van der Waals surface area (Å²) in [6.07, 6.45) is 4.94. The largest absolute Gasteiger partial charge is 0.395 e. The number of hydrogen-bond acceptors (Lipinski definition) is 4. The minimum Gasteiger partial charge on any atom is -0.395 e. The van der Waals surface area contributed by atoms with Crippen LogP contribution in [0.25, 0.3) is 0 Å². The van der Waals surface area contributed by atoms with Gasteiger partial charge < -0.3 is 10.4 Å². The fraction of sp³-hybridized carbons (Fsp3) is 0.333. The fourth-order valence-corrected chi connectivity index (χ4v) is 1.40. The lowest BCUT2D eigenvalue weighted by atomic mass is 10.3. The van der Waals surface area contributed by atoms with Gasteiger partial charge >= 0.3 is 0 Å². The van der Waals surface area contributed by atoms with Crippen molar-refractivity contribution in [2.45, 2.75) is 0 Å². The molecule has 1 heterocycles. The van der Waals surface area contributed by atoms with E-state index in [0.29, 0.717) is 18.8 Å². The maximum Gasteiger partial charge on any atom is 0.238 e. The van der Waals surface area contributed by atoms with Crippen molar-refractivity contribution in [2.75, 3.05) is 31.6 Å². The van der Waals surface area contributed by atoms with Crippen LogP contribution in [0.1, 0.15) is 0 Å². The molecule has 1 aromatic heterocycles. The van der Waals surface area contributed by atoms with E-state index in [1.54, 1.807) is 30.6 Å². The number of aliphatic hydroxyl groups excluding tert-OH is 1. The van der Waals surface area contributed by atoms with Gasteiger partial charge in [0.1, 0.15) is 0 Å². The highest BCUT2D eigenvalue weighted by molar-refractivity contribution is 5.92. The lowest BCUT2D eigenvalue weighted by Gasteiger charge is -2.18. The molecule has 1 amide bonds. The molecule has 0 spiro atoms. The highest BCUT2D eigenvalue weighted by atomic mass is 16.3. The average Bonchev–Trinajstić information content (AvgIpc) is 2.30. The molecule has 5 nitrogen and oxygen atoms in total. The second kappa shape index (κ2) is 7.54. The van der Waals surface area contributed by atoms with E-state index < -0.39 is 0 Å². The Bertz CT molecular complexity index is 354. The molecule has 92 valence electrons. The number of amides is 1. The molecular formula is C12H17N3O2. The first-order chi connectivity index (χ1) is 8.26. The SMILES string of the molecule is C=CCN(CCO)CC(=O)Nc1ccncc1. The van der Waals surface area contributed by atoms with Crippen molar-refractivity contribution in [2.24, 2.45) is 0 Å². The summed E-state index contributed by atoms with van der Waals surface area (Å²) in [6.45, 7) is 4.89. The molecule has 0 fully saturated rings. The summed E-state index contributed by atoms with van der Waals surface area (Å²) in [6, 6.07) is 3.45. The smallest absolute Gasteiger partial charge is 0.238 e. The number of aromatic nitrogens is 1. The van der Waals surface area contributed by atoms with Crippen molar-refractivity contribution in [3.8, 4) is 0 Å². The molecule has 0 bridgehead atoms. The fourth-order valence-electron chi connectivity index (χ4n) is 1.40. The minimum atomic E-state index is -0.119. The Balaban J connectivity index is 2.44. The van der Waals surface area contributed by atoms with E-state index in [0.717, 1.165) is 0 Å². The predicted octanol–water partition coefficient (Wildman–Crippen LogP) is 0.500. The van der Waals surface area contributed by atoms with Gasteiger partial charge in [0, 0.05) is 31.2 Å². The van der Waals surface area contributed by atoms with Gasteiger partial charge in [-0.25, -0.2) is 0 Å². The van der Waals surface area contributed by atoms with Crippen LogP contribution in [0.2, 0.25) is 0 Å². The number of aliphatic hydroxyl groups is 1. The second-order valence-corrected chi connectivity index (χ2v) is 3.53. The van der Waals surface area contributed by atoms with Crippen molar-refractivity contribution < 1.29 is 9.90 Å². The minimum absolute atomic E-state index is 0.0242. The van der Waals surface area contributed by atoms with Gasteiger partial charge in [-0.2, -0.15) is 0 Å². The maximum absolute atomic E-state index is 11.7. The third-order valence-electron chi connectivity index (χ3n) is 2.13. The van der Waals surface area contributed by atoms with Crippen LogP contribution in [0.3, 0.4) is 0 Å². The highest BCUT2D eigenvalue weighted by Gasteiger charge is 2.08. The first-order valence-electron chi connectivity index (χ1n) is 5.40. The molecule has 0 saturated heterocycles. The van der Waals surface area contributed by atoms with E-state index in [1.165, 1.54) is 0 Å². The number of anilines is 1. The number of nitrogens with one attached hydrogen (secondary N) is 1. The Morgan fingerprint density at radius 1 is 1.53 bits per heavy atom. The van der Waals surface area contributed by atoms with Gasteiger partial charge in [0.05, 0.1) is 13.2 Å². The standard InChI is InChI=1S/C12H17N3O2/c1-2-7-15(8-9-16)10-12(17)14-11-3-5-13-6-4-11/h2-6,16H,1,7-10H2,(H,13,14,17). The Labute approximate surface area is 101 Å². The number of pyridine rings is 1. The van der Waals surface area contributed by atoms with Gasteiger partial charge in [-0.05, 0) is 12.1 Å². The van der Waals surface area contributed by atoms with Gasteiger partial charge in [-0.15, -0.1) is 6.58 Å². The van der Waals surface area contributed by atoms with Crippen molar-refractivity contribution in [1.29, 1.82) is 0 Å². The van der Waals surface area contributed by atoms with E-state index >= 15 is 0 Å². The van der Waals surface area contributed by atoms with E-state index in [-0.39, 0.29) is 19.1 Å². The van der Waals surface area contributed by atoms with E-state index in [4.69, 9.17) is 5.11 Å². The Hall–Kier alpha value is -1.72. The zero-order valence-corrected chi connectivity index (χ0v) is 9.67. The summed E-state index contributed by atoms with van der Waals surface area (Å²) in [4.78, 5) is 17.4. The van der Waals surface area contributed by atoms with Crippen LogP contribution in [-0.2, 0) is 4.79 Å². The molecule has 0 unspecified atom stereocenters. The Morgan fingerprint density at radius 3 is 2.82 bits per heavy atom.